The zero-order chi connectivity index (χ0) is 10.1. The number of phenolic OH excluding ortho intramolecular Hbond substituents is 1. The Bertz CT molecular complexity index is 374. The van der Waals surface area contributed by atoms with Crippen LogP contribution in [0.1, 0.15) is 12.8 Å². The van der Waals surface area contributed by atoms with Gasteiger partial charge in [-0.05, 0) is 31.0 Å². The minimum Gasteiger partial charge on any atom is -0.506 e. The lowest BCUT2D eigenvalue weighted by atomic mass is 10.3. The summed E-state index contributed by atoms with van der Waals surface area (Å²) < 4.78 is 0. The molecule has 2 rings (SSSR count). The van der Waals surface area contributed by atoms with Gasteiger partial charge in [0.15, 0.2) is 0 Å². The summed E-state index contributed by atoms with van der Waals surface area (Å²) in [5.74, 6) is 0.227. The van der Waals surface area contributed by atoms with E-state index < -0.39 is 0 Å². The first kappa shape index (κ1) is 9.34. The van der Waals surface area contributed by atoms with Crippen LogP contribution in [0.25, 0.3) is 0 Å². The number of nitrogens with one attached hydrogen (secondary N) is 1. The maximum absolute atomic E-state index is 11.4. The van der Waals surface area contributed by atoms with Crippen molar-refractivity contribution in [1.29, 1.82) is 0 Å². The molecule has 1 aromatic rings. The van der Waals surface area contributed by atoms with Crippen molar-refractivity contribution in [3.8, 4) is 5.75 Å². The summed E-state index contributed by atoms with van der Waals surface area (Å²) >= 11 is 5.69. The molecule has 1 aromatic carbocycles. The molecule has 1 aliphatic carbocycles. The van der Waals surface area contributed by atoms with E-state index in [1.54, 1.807) is 6.07 Å². The second-order valence-corrected chi connectivity index (χ2v) is 3.84. The maximum atomic E-state index is 11.4. The molecule has 0 aliphatic heterocycles. The summed E-state index contributed by atoms with van der Waals surface area (Å²) in [7, 11) is 0. The van der Waals surface area contributed by atoms with Gasteiger partial charge in [-0.2, -0.15) is 0 Å². The number of phenols is 1. The number of hydrogen-bond acceptors (Lipinski definition) is 2. The van der Waals surface area contributed by atoms with Gasteiger partial charge in [-0.25, -0.2) is 0 Å². The molecule has 3 nitrogen and oxygen atoms in total. The van der Waals surface area contributed by atoms with Gasteiger partial charge in [0, 0.05) is 11.6 Å². The van der Waals surface area contributed by atoms with Crippen LogP contribution < -0.4 is 5.32 Å². The largest absolute Gasteiger partial charge is 0.506 e. The Labute approximate surface area is 86.7 Å². The molecule has 0 radical (unpaired) electrons. The molecule has 14 heavy (non-hydrogen) atoms. The minimum absolute atomic E-state index is 0.0242. The lowest BCUT2D eigenvalue weighted by Crippen LogP contribution is -2.12. The molecule has 0 bridgehead atoms. The van der Waals surface area contributed by atoms with Crippen LogP contribution in [0.2, 0.25) is 5.02 Å². The Balaban J connectivity index is 2.08. The van der Waals surface area contributed by atoms with Gasteiger partial charge in [0.1, 0.15) is 5.75 Å². The van der Waals surface area contributed by atoms with Crippen molar-refractivity contribution < 1.29 is 9.90 Å². The highest BCUT2D eigenvalue weighted by atomic mass is 35.5. The summed E-state index contributed by atoms with van der Waals surface area (Å²) in [5.41, 5.74) is 0.629. The summed E-state index contributed by atoms with van der Waals surface area (Å²) in [6.45, 7) is 0. The number of aromatic hydroxyl groups is 1. The standard InChI is InChI=1S/C10H10ClNO2/c11-8-5-7(3-4-9(8)13)12-10(14)6-1-2-6/h3-6,13H,1-2H2,(H,12,14). The Hall–Kier alpha value is -1.22. The van der Waals surface area contributed by atoms with Crippen LogP contribution >= 0.6 is 11.6 Å². The van der Waals surface area contributed by atoms with Crippen LogP contribution in [0, 0.1) is 5.92 Å². The number of anilines is 1. The number of rotatable bonds is 2. The topological polar surface area (TPSA) is 49.3 Å². The van der Waals surface area contributed by atoms with Crippen molar-refractivity contribution in [2.45, 2.75) is 12.8 Å². The molecule has 2 N–H and O–H groups in total. The number of benzene rings is 1. The molecule has 0 heterocycles. The van der Waals surface area contributed by atoms with Gasteiger partial charge >= 0.3 is 0 Å². The molecular weight excluding hydrogens is 202 g/mol. The normalized spacial score (nSPS) is 15.2. The number of amides is 1. The fourth-order valence-corrected chi connectivity index (χ4v) is 1.36. The number of hydrogen-bond donors (Lipinski definition) is 2. The lowest BCUT2D eigenvalue weighted by Gasteiger charge is -2.04. The Morgan fingerprint density at radius 2 is 2.21 bits per heavy atom. The van der Waals surface area contributed by atoms with Gasteiger partial charge in [-0.15, -0.1) is 0 Å². The van der Waals surface area contributed by atoms with Crippen molar-refractivity contribution in [2.24, 2.45) is 5.92 Å². The van der Waals surface area contributed by atoms with Gasteiger partial charge in [-0.1, -0.05) is 11.6 Å². The summed E-state index contributed by atoms with van der Waals surface area (Å²) in [6.07, 6.45) is 1.94. The van der Waals surface area contributed by atoms with E-state index in [0.29, 0.717) is 5.69 Å². The van der Waals surface area contributed by atoms with Crippen molar-refractivity contribution in [1.82, 2.24) is 0 Å². The smallest absolute Gasteiger partial charge is 0.227 e. The molecule has 0 saturated heterocycles. The predicted octanol–water partition coefficient (Wildman–Crippen LogP) is 2.39. The average molecular weight is 212 g/mol. The van der Waals surface area contributed by atoms with Gasteiger partial charge in [0.05, 0.1) is 5.02 Å². The number of carbonyl (C=O) groups is 1. The second-order valence-electron chi connectivity index (χ2n) is 3.43. The van der Waals surface area contributed by atoms with Gasteiger partial charge in [0.25, 0.3) is 0 Å². The maximum Gasteiger partial charge on any atom is 0.227 e. The van der Waals surface area contributed by atoms with E-state index >= 15 is 0 Å². The number of carbonyl (C=O) groups excluding carboxylic acids is 1. The quantitative estimate of drug-likeness (QED) is 0.738. The minimum atomic E-state index is 0.0242. The van der Waals surface area contributed by atoms with Crippen LogP contribution in [0.5, 0.6) is 5.75 Å². The van der Waals surface area contributed by atoms with Crippen molar-refractivity contribution in [2.75, 3.05) is 5.32 Å². The molecule has 1 aliphatic rings. The van der Waals surface area contributed by atoms with Crippen LogP contribution in [-0.2, 0) is 4.79 Å². The molecular formula is C10H10ClNO2. The molecule has 4 heteroatoms. The van der Waals surface area contributed by atoms with E-state index in [9.17, 15) is 4.79 Å². The average Bonchev–Trinajstić information content (AvgIpc) is 2.94. The van der Waals surface area contributed by atoms with Crippen LogP contribution in [0.4, 0.5) is 5.69 Å². The molecule has 0 aromatic heterocycles. The highest BCUT2D eigenvalue weighted by Gasteiger charge is 2.29. The van der Waals surface area contributed by atoms with E-state index in [4.69, 9.17) is 16.7 Å². The van der Waals surface area contributed by atoms with E-state index in [1.807, 2.05) is 0 Å². The van der Waals surface area contributed by atoms with Gasteiger partial charge in [-0.3, -0.25) is 4.79 Å². The zero-order valence-electron chi connectivity index (χ0n) is 7.46. The molecule has 1 amide bonds. The molecule has 0 atom stereocenters. The third-order valence-electron chi connectivity index (χ3n) is 2.16. The Morgan fingerprint density at radius 3 is 2.79 bits per heavy atom. The number of halogens is 1. The van der Waals surface area contributed by atoms with Crippen LogP contribution in [0.15, 0.2) is 18.2 Å². The molecule has 1 fully saturated rings. The zero-order valence-corrected chi connectivity index (χ0v) is 8.21. The van der Waals surface area contributed by atoms with E-state index in [-0.39, 0.29) is 22.6 Å². The van der Waals surface area contributed by atoms with E-state index in [2.05, 4.69) is 5.32 Å². The lowest BCUT2D eigenvalue weighted by molar-refractivity contribution is -0.117. The second kappa shape index (κ2) is 3.50. The summed E-state index contributed by atoms with van der Waals surface area (Å²) in [5, 5.41) is 12.1. The summed E-state index contributed by atoms with van der Waals surface area (Å²) in [4.78, 5) is 11.4. The first-order valence-corrected chi connectivity index (χ1v) is 4.84. The third kappa shape index (κ3) is 1.99. The molecule has 0 unspecified atom stereocenters. The highest BCUT2D eigenvalue weighted by Crippen LogP contribution is 2.31. The monoisotopic (exact) mass is 211 g/mol. The van der Waals surface area contributed by atoms with Crippen molar-refractivity contribution in [3.63, 3.8) is 0 Å². The Kier molecular flexibility index (Phi) is 2.33. The first-order chi connectivity index (χ1) is 6.66. The van der Waals surface area contributed by atoms with Crippen molar-refractivity contribution in [3.05, 3.63) is 23.2 Å². The highest BCUT2D eigenvalue weighted by molar-refractivity contribution is 6.32. The van der Waals surface area contributed by atoms with E-state index in [0.717, 1.165) is 12.8 Å². The van der Waals surface area contributed by atoms with E-state index in [1.165, 1.54) is 12.1 Å². The fourth-order valence-electron chi connectivity index (χ4n) is 1.17. The van der Waals surface area contributed by atoms with Crippen LogP contribution in [0.3, 0.4) is 0 Å². The molecule has 0 spiro atoms. The van der Waals surface area contributed by atoms with Crippen LogP contribution in [-0.4, -0.2) is 11.0 Å². The molecule has 74 valence electrons. The molecule has 1 saturated carbocycles. The first-order valence-electron chi connectivity index (χ1n) is 4.46. The summed E-state index contributed by atoms with van der Waals surface area (Å²) in [6, 6.07) is 4.63. The fraction of sp³-hybridized carbons (Fsp3) is 0.300. The third-order valence-corrected chi connectivity index (χ3v) is 2.47. The Morgan fingerprint density at radius 1 is 1.50 bits per heavy atom. The van der Waals surface area contributed by atoms with Crippen molar-refractivity contribution >= 4 is 23.2 Å². The van der Waals surface area contributed by atoms with Gasteiger partial charge < -0.3 is 10.4 Å². The van der Waals surface area contributed by atoms with Gasteiger partial charge in [0.2, 0.25) is 5.91 Å². The predicted molar refractivity (Wildman–Crippen MR) is 54.5 cm³/mol. The SMILES string of the molecule is O=C(Nc1ccc(O)c(Cl)c1)C1CC1.